The Hall–Kier alpha value is -2.57. The minimum atomic E-state index is -0.405. The highest BCUT2D eigenvalue weighted by molar-refractivity contribution is 5.74. The minimum Gasteiger partial charge on any atom is -0.497 e. The van der Waals surface area contributed by atoms with Gasteiger partial charge in [0.05, 0.1) is 21.3 Å². The molecule has 2 heterocycles. The Kier molecular flexibility index (Phi) is 4.18. The quantitative estimate of drug-likeness (QED) is 0.803. The lowest BCUT2D eigenvalue weighted by Gasteiger charge is -2.20. The highest BCUT2D eigenvalue weighted by Gasteiger charge is 2.29. The molecule has 23 heavy (non-hydrogen) atoms. The predicted molar refractivity (Wildman–Crippen MR) is 82.6 cm³/mol. The smallest absolute Gasteiger partial charge is 0.330 e. The lowest BCUT2D eigenvalue weighted by molar-refractivity contribution is -0.145. The van der Waals surface area contributed by atoms with E-state index in [0.29, 0.717) is 23.7 Å². The van der Waals surface area contributed by atoms with Gasteiger partial charge in [0.15, 0.2) is 11.9 Å². The van der Waals surface area contributed by atoms with Gasteiger partial charge in [-0.1, -0.05) is 0 Å². The van der Waals surface area contributed by atoms with Gasteiger partial charge in [-0.05, 0) is 25.0 Å². The van der Waals surface area contributed by atoms with Crippen molar-refractivity contribution in [3.05, 3.63) is 24.0 Å². The van der Waals surface area contributed by atoms with Gasteiger partial charge in [0.2, 0.25) is 0 Å². The molecule has 7 heteroatoms. The minimum absolute atomic E-state index is 0.286. The van der Waals surface area contributed by atoms with Gasteiger partial charge < -0.3 is 14.2 Å². The number of carbonyl (C=O) groups excluding carboxylic acids is 1. The van der Waals surface area contributed by atoms with Crippen LogP contribution in [0.1, 0.15) is 24.7 Å². The molecule has 0 radical (unpaired) electrons. The summed E-state index contributed by atoms with van der Waals surface area (Å²) in [6.07, 6.45) is 2.39. The van der Waals surface area contributed by atoms with Gasteiger partial charge in [-0.25, -0.2) is 14.5 Å². The number of ether oxygens (including phenoxy) is 3. The van der Waals surface area contributed by atoms with Crippen LogP contribution in [0, 0.1) is 0 Å². The van der Waals surface area contributed by atoms with E-state index in [0.717, 1.165) is 24.2 Å². The van der Waals surface area contributed by atoms with Crippen molar-refractivity contribution in [3.63, 3.8) is 0 Å². The zero-order chi connectivity index (χ0) is 16.4. The van der Waals surface area contributed by atoms with Crippen molar-refractivity contribution in [1.82, 2.24) is 14.8 Å². The highest BCUT2D eigenvalue weighted by atomic mass is 16.5. The zero-order valence-electron chi connectivity index (χ0n) is 13.4. The number of rotatable bonds is 4. The van der Waals surface area contributed by atoms with Crippen LogP contribution in [0.3, 0.4) is 0 Å². The molecule has 0 N–H and O–H groups in total. The van der Waals surface area contributed by atoms with Gasteiger partial charge in [-0.2, -0.15) is 0 Å². The highest BCUT2D eigenvalue weighted by Crippen LogP contribution is 2.31. The third kappa shape index (κ3) is 2.86. The van der Waals surface area contributed by atoms with Crippen molar-refractivity contribution in [3.8, 4) is 22.9 Å². The third-order valence-corrected chi connectivity index (χ3v) is 3.96. The summed E-state index contributed by atoms with van der Waals surface area (Å²) in [6.45, 7) is 0. The van der Waals surface area contributed by atoms with Gasteiger partial charge in [-0.15, -0.1) is 5.10 Å². The third-order valence-electron chi connectivity index (χ3n) is 3.96. The normalized spacial score (nSPS) is 16.6. The largest absolute Gasteiger partial charge is 0.497 e. The number of nitrogens with zero attached hydrogens (tertiary/aromatic N) is 3. The first-order chi connectivity index (χ1) is 11.2. The molecule has 0 bridgehead atoms. The molecular formula is C16H19N3O4. The standard InChI is InChI=1S/C16H19N3O4/c1-21-11-7-10(8-12(9-11)22-2)15-17-14-6-4-5-13(16(20)23-3)19(14)18-15/h7-9,13H,4-6H2,1-3H3. The van der Waals surface area contributed by atoms with Crippen LogP contribution >= 0.6 is 0 Å². The molecular weight excluding hydrogens is 298 g/mol. The predicted octanol–water partition coefficient (Wildman–Crippen LogP) is 2.01. The zero-order valence-corrected chi connectivity index (χ0v) is 13.4. The lowest BCUT2D eigenvalue weighted by atomic mass is 10.1. The summed E-state index contributed by atoms with van der Waals surface area (Å²) >= 11 is 0. The second-order valence-electron chi connectivity index (χ2n) is 5.33. The van der Waals surface area contributed by atoms with Gasteiger partial charge in [-0.3, -0.25) is 0 Å². The summed E-state index contributed by atoms with van der Waals surface area (Å²) in [5.74, 6) is 2.38. The summed E-state index contributed by atoms with van der Waals surface area (Å²) < 4.78 is 17.1. The Morgan fingerprint density at radius 1 is 1.17 bits per heavy atom. The summed E-state index contributed by atoms with van der Waals surface area (Å²) in [7, 11) is 4.58. The molecule has 1 aromatic heterocycles. The molecule has 0 aliphatic carbocycles. The van der Waals surface area contributed by atoms with Crippen LogP contribution in [0.2, 0.25) is 0 Å². The van der Waals surface area contributed by atoms with Crippen LogP contribution in [0.25, 0.3) is 11.4 Å². The fourth-order valence-corrected chi connectivity index (χ4v) is 2.76. The molecule has 0 amide bonds. The van der Waals surface area contributed by atoms with Gasteiger partial charge in [0, 0.05) is 18.1 Å². The Morgan fingerprint density at radius 2 is 1.87 bits per heavy atom. The first-order valence-electron chi connectivity index (χ1n) is 7.43. The number of esters is 1. The molecule has 3 rings (SSSR count). The summed E-state index contributed by atoms with van der Waals surface area (Å²) in [6, 6.07) is 5.07. The van der Waals surface area contributed by atoms with Crippen LogP contribution in [-0.4, -0.2) is 42.1 Å². The van der Waals surface area contributed by atoms with Crippen LogP contribution in [0.4, 0.5) is 0 Å². The van der Waals surface area contributed by atoms with Crippen LogP contribution in [-0.2, 0) is 16.0 Å². The van der Waals surface area contributed by atoms with E-state index in [9.17, 15) is 4.79 Å². The van der Waals surface area contributed by atoms with E-state index in [1.54, 1.807) is 25.0 Å². The maximum atomic E-state index is 11.9. The molecule has 1 aliphatic rings. The van der Waals surface area contributed by atoms with Crippen LogP contribution < -0.4 is 9.47 Å². The first kappa shape index (κ1) is 15.3. The fraction of sp³-hybridized carbons (Fsp3) is 0.438. The lowest BCUT2D eigenvalue weighted by Crippen LogP contribution is -2.27. The van der Waals surface area contributed by atoms with Crippen LogP contribution in [0.5, 0.6) is 11.5 Å². The maximum Gasteiger partial charge on any atom is 0.330 e. The summed E-state index contributed by atoms with van der Waals surface area (Å²) in [4.78, 5) is 16.5. The molecule has 1 unspecified atom stereocenters. The molecule has 0 saturated carbocycles. The fourth-order valence-electron chi connectivity index (χ4n) is 2.76. The molecule has 0 spiro atoms. The molecule has 7 nitrogen and oxygen atoms in total. The Labute approximate surface area is 134 Å². The number of fused-ring (bicyclic) bond motifs is 1. The SMILES string of the molecule is COC(=O)C1CCCc2nc(-c3cc(OC)cc(OC)c3)nn21. The average molecular weight is 317 g/mol. The van der Waals surface area contributed by atoms with Gasteiger partial charge >= 0.3 is 5.97 Å². The molecule has 1 aliphatic heterocycles. The van der Waals surface area contributed by atoms with E-state index < -0.39 is 6.04 Å². The van der Waals surface area contributed by atoms with Crippen molar-refractivity contribution < 1.29 is 19.0 Å². The number of benzene rings is 1. The van der Waals surface area contributed by atoms with Crippen molar-refractivity contribution >= 4 is 5.97 Å². The van der Waals surface area contributed by atoms with Gasteiger partial charge in [0.1, 0.15) is 17.3 Å². The van der Waals surface area contributed by atoms with Crippen molar-refractivity contribution in [2.45, 2.75) is 25.3 Å². The van der Waals surface area contributed by atoms with E-state index in [4.69, 9.17) is 14.2 Å². The molecule has 2 aromatic rings. The van der Waals surface area contributed by atoms with Crippen molar-refractivity contribution in [2.75, 3.05) is 21.3 Å². The molecule has 1 aromatic carbocycles. The number of carbonyl (C=O) groups is 1. The van der Waals surface area contributed by atoms with Crippen LogP contribution in [0.15, 0.2) is 18.2 Å². The Balaban J connectivity index is 2.02. The first-order valence-corrected chi connectivity index (χ1v) is 7.43. The topological polar surface area (TPSA) is 75.5 Å². The second kappa shape index (κ2) is 6.28. The Bertz CT molecular complexity index is 704. The summed E-state index contributed by atoms with van der Waals surface area (Å²) in [5.41, 5.74) is 0.784. The second-order valence-corrected chi connectivity index (χ2v) is 5.33. The molecule has 122 valence electrons. The van der Waals surface area contributed by atoms with E-state index in [2.05, 4.69) is 10.1 Å². The number of hydrogen-bond acceptors (Lipinski definition) is 6. The van der Waals surface area contributed by atoms with E-state index in [1.807, 2.05) is 12.1 Å². The molecule has 0 fully saturated rings. The monoisotopic (exact) mass is 317 g/mol. The molecule has 0 saturated heterocycles. The summed E-state index contributed by atoms with van der Waals surface area (Å²) in [5, 5.41) is 4.52. The Morgan fingerprint density at radius 3 is 2.48 bits per heavy atom. The number of aryl methyl sites for hydroxylation is 1. The van der Waals surface area contributed by atoms with E-state index in [1.165, 1.54) is 7.11 Å². The number of aromatic nitrogens is 3. The van der Waals surface area contributed by atoms with Crippen molar-refractivity contribution in [2.24, 2.45) is 0 Å². The number of hydrogen-bond donors (Lipinski definition) is 0. The van der Waals surface area contributed by atoms with E-state index in [-0.39, 0.29) is 5.97 Å². The number of methoxy groups -OCH3 is 3. The van der Waals surface area contributed by atoms with Crippen molar-refractivity contribution in [1.29, 1.82) is 0 Å². The van der Waals surface area contributed by atoms with Gasteiger partial charge in [0.25, 0.3) is 0 Å². The maximum absolute atomic E-state index is 11.9. The molecule has 1 atom stereocenters. The average Bonchev–Trinajstić information content (AvgIpc) is 3.04. The van der Waals surface area contributed by atoms with E-state index >= 15 is 0 Å².